The maximum atomic E-state index is 14.1. The van der Waals surface area contributed by atoms with Crippen LogP contribution in [0.3, 0.4) is 0 Å². The van der Waals surface area contributed by atoms with Crippen molar-refractivity contribution in [2.24, 2.45) is 11.8 Å². The van der Waals surface area contributed by atoms with E-state index in [9.17, 15) is 22.8 Å². The Morgan fingerprint density at radius 3 is 2.38 bits per heavy atom. The summed E-state index contributed by atoms with van der Waals surface area (Å²) in [5.41, 5.74) is 1.10. The molecule has 1 saturated carbocycles. The van der Waals surface area contributed by atoms with Crippen molar-refractivity contribution in [3.8, 4) is 0 Å². The zero-order valence-electron chi connectivity index (χ0n) is 23.3. The van der Waals surface area contributed by atoms with Gasteiger partial charge in [-0.1, -0.05) is 49.6 Å². The van der Waals surface area contributed by atoms with E-state index in [2.05, 4.69) is 16.0 Å². The molecular weight excluding hydrogens is 518 g/mol. The van der Waals surface area contributed by atoms with Crippen molar-refractivity contribution in [2.45, 2.75) is 76.0 Å². The number of sulfonamides is 1. The largest absolute Gasteiger partial charge is 0.355 e. The maximum Gasteiger partial charge on any atom is 0.245 e. The second kappa shape index (κ2) is 12.8. The molecule has 1 aromatic carbocycles. The number of fused-ring (bicyclic) bond motifs is 1. The van der Waals surface area contributed by atoms with Gasteiger partial charge in [0.2, 0.25) is 27.7 Å². The minimum Gasteiger partial charge on any atom is -0.355 e. The molecule has 0 bridgehead atoms. The molecule has 2 heterocycles. The standard InChI is InChI=1S/C28H43N5O5S/c1-19(29-2)26(34)31-24(21-12-8-5-9-13-21)28(36)32-17-15-23-25(32)22(18-33(23)39(3,37)38)27(35)30-16-14-20-10-6-4-7-11-20/h4,6-7,10-11,19,21-25,29H,5,8-9,12-18H2,1-3H3,(H,30,35)(H,31,34). The van der Waals surface area contributed by atoms with Crippen molar-refractivity contribution >= 4 is 27.7 Å². The Morgan fingerprint density at radius 2 is 1.74 bits per heavy atom. The topological polar surface area (TPSA) is 128 Å². The first-order valence-electron chi connectivity index (χ1n) is 14.2. The van der Waals surface area contributed by atoms with Crippen LogP contribution in [0.25, 0.3) is 0 Å². The molecule has 0 aromatic heterocycles. The molecule has 3 fully saturated rings. The second-order valence-corrected chi connectivity index (χ2v) is 13.2. The van der Waals surface area contributed by atoms with Crippen LogP contribution in [0.1, 0.15) is 51.0 Å². The molecule has 216 valence electrons. The van der Waals surface area contributed by atoms with Gasteiger partial charge >= 0.3 is 0 Å². The van der Waals surface area contributed by atoms with Crippen LogP contribution in [0.5, 0.6) is 0 Å². The third-order valence-electron chi connectivity index (χ3n) is 8.69. The molecule has 1 aromatic rings. The lowest BCUT2D eigenvalue weighted by Crippen LogP contribution is -2.58. The number of rotatable bonds is 10. The van der Waals surface area contributed by atoms with Gasteiger partial charge in [-0.15, -0.1) is 0 Å². The molecule has 3 aliphatic rings. The highest BCUT2D eigenvalue weighted by molar-refractivity contribution is 7.88. The summed E-state index contributed by atoms with van der Waals surface area (Å²) in [5.74, 6) is -1.34. The molecule has 5 unspecified atom stereocenters. The summed E-state index contributed by atoms with van der Waals surface area (Å²) in [5, 5.41) is 8.93. The van der Waals surface area contributed by atoms with E-state index in [1.807, 2.05) is 30.3 Å². The van der Waals surface area contributed by atoms with Gasteiger partial charge in [0.25, 0.3) is 0 Å². The van der Waals surface area contributed by atoms with Gasteiger partial charge in [-0.05, 0) is 51.1 Å². The number of nitrogens with one attached hydrogen (secondary N) is 3. The molecule has 10 nitrogen and oxygen atoms in total. The van der Waals surface area contributed by atoms with E-state index in [1.165, 1.54) is 4.31 Å². The van der Waals surface area contributed by atoms with E-state index in [0.29, 0.717) is 25.9 Å². The highest BCUT2D eigenvalue weighted by atomic mass is 32.2. The van der Waals surface area contributed by atoms with Gasteiger partial charge in [-0.3, -0.25) is 14.4 Å². The Balaban J connectivity index is 1.54. The van der Waals surface area contributed by atoms with Gasteiger partial charge in [0.15, 0.2) is 0 Å². The van der Waals surface area contributed by atoms with E-state index >= 15 is 0 Å². The summed E-state index contributed by atoms with van der Waals surface area (Å²) in [6.45, 7) is 2.58. The van der Waals surface area contributed by atoms with Crippen LogP contribution in [0.4, 0.5) is 0 Å². The fourth-order valence-electron chi connectivity index (χ4n) is 6.45. The Hall–Kier alpha value is -2.50. The van der Waals surface area contributed by atoms with E-state index in [1.54, 1.807) is 18.9 Å². The SMILES string of the molecule is CNC(C)C(=O)NC(C(=O)N1CCC2C1C(C(=O)NCCc1ccccc1)CN2S(C)(=O)=O)C1CCCCC1. The van der Waals surface area contributed by atoms with Gasteiger partial charge in [-0.2, -0.15) is 4.31 Å². The number of hydrogen-bond acceptors (Lipinski definition) is 6. The number of likely N-dealkylation sites (N-methyl/N-ethyl adjacent to an activating group) is 1. The number of benzene rings is 1. The summed E-state index contributed by atoms with van der Waals surface area (Å²) in [6.07, 6.45) is 7.12. The molecule has 2 saturated heterocycles. The Morgan fingerprint density at radius 1 is 1.05 bits per heavy atom. The average Bonchev–Trinajstić information content (AvgIpc) is 3.52. The van der Waals surface area contributed by atoms with Crippen LogP contribution in [0.15, 0.2) is 30.3 Å². The lowest BCUT2D eigenvalue weighted by molar-refractivity contribution is -0.141. The molecule has 39 heavy (non-hydrogen) atoms. The molecule has 1 aliphatic carbocycles. The van der Waals surface area contributed by atoms with E-state index in [4.69, 9.17) is 0 Å². The fraction of sp³-hybridized carbons (Fsp3) is 0.679. The van der Waals surface area contributed by atoms with Crippen LogP contribution >= 0.6 is 0 Å². The first-order chi connectivity index (χ1) is 18.6. The zero-order chi connectivity index (χ0) is 28.2. The predicted octanol–water partition coefficient (Wildman–Crippen LogP) is 0.879. The van der Waals surface area contributed by atoms with Crippen LogP contribution in [0.2, 0.25) is 0 Å². The van der Waals surface area contributed by atoms with E-state index < -0.39 is 40.1 Å². The van der Waals surface area contributed by atoms with E-state index in [-0.39, 0.29) is 30.2 Å². The van der Waals surface area contributed by atoms with Crippen molar-refractivity contribution < 1.29 is 22.8 Å². The molecule has 11 heteroatoms. The van der Waals surface area contributed by atoms with Gasteiger partial charge < -0.3 is 20.9 Å². The first kappa shape index (κ1) is 29.5. The Bertz CT molecular complexity index is 1120. The molecule has 0 spiro atoms. The molecule has 2 aliphatic heterocycles. The quantitative estimate of drug-likeness (QED) is 0.389. The molecule has 3 N–H and O–H groups in total. The van der Waals surface area contributed by atoms with Gasteiger partial charge in [0.05, 0.1) is 24.3 Å². The summed E-state index contributed by atoms with van der Waals surface area (Å²) in [7, 11) is -1.87. The monoisotopic (exact) mass is 561 g/mol. The van der Waals surface area contributed by atoms with Gasteiger partial charge in [0, 0.05) is 25.7 Å². The average molecular weight is 562 g/mol. The smallest absolute Gasteiger partial charge is 0.245 e. The number of likely N-dealkylation sites (tertiary alicyclic amines) is 1. The normalized spacial score (nSPS) is 25.6. The van der Waals surface area contributed by atoms with Gasteiger partial charge in [-0.25, -0.2) is 8.42 Å². The fourth-order valence-corrected chi connectivity index (χ4v) is 7.61. The lowest BCUT2D eigenvalue weighted by Gasteiger charge is -2.36. The van der Waals surface area contributed by atoms with Crippen LogP contribution in [0, 0.1) is 11.8 Å². The summed E-state index contributed by atoms with van der Waals surface area (Å²) < 4.78 is 26.8. The number of amides is 3. The van der Waals surface area contributed by atoms with Crippen LogP contribution in [-0.4, -0.2) is 92.4 Å². The summed E-state index contributed by atoms with van der Waals surface area (Å²) >= 11 is 0. The number of carbonyl (C=O) groups is 3. The Kier molecular flexibility index (Phi) is 9.66. The minimum atomic E-state index is -3.57. The number of nitrogens with zero attached hydrogens (tertiary/aromatic N) is 2. The molecular formula is C28H43N5O5S. The highest BCUT2D eigenvalue weighted by Gasteiger charge is 2.56. The van der Waals surface area contributed by atoms with Crippen molar-refractivity contribution in [1.82, 2.24) is 25.2 Å². The third kappa shape index (κ3) is 6.81. The predicted molar refractivity (Wildman–Crippen MR) is 149 cm³/mol. The molecule has 5 atom stereocenters. The molecule has 0 radical (unpaired) electrons. The third-order valence-corrected chi connectivity index (χ3v) is 9.96. The van der Waals surface area contributed by atoms with Crippen molar-refractivity contribution in [2.75, 3.05) is 32.9 Å². The minimum absolute atomic E-state index is 0.0175. The van der Waals surface area contributed by atoms with Crippen LogP contribution < -0.4 is 16.0 Å². The van der Waals surface area contributed by atoms with Crippen molar-refractivity contribution in [3.63, 3.8) is 0 Å². The zero-order valence-corrected chi connectivity index (χ0v) is 24.1. The van der Waals surface area contributed by atoms with Crippen LogP contribution in [-0.2, 0) is 30.8 Å². The second-order valence-electron chi connectivity index (χ2n) is 11.2. The van der Waals surface area contributed by atoms with Crippen molar-refractivity contribution in [1.29, 1.82) is 0 Å². The first-order valence-corrected chi connectivity index (χ1v) is 16.0. The molecule has 3 amide bonds. The maximum absolute atomic E-state index is 14.1. The van der Waals surface area contributed by atoms with Gasteiger partial charge in [0.1, 0.15) is 6.04 Å². The Labute approximate surface area is 232 Å². The molecule has 4 rings (SSSR count). The summed E-state index contributed by atoms with van der Waals surface area (Å²) in [6, 6.07) is 7.67. The van der Waals surface area contributed by atoms with E-state index in [0.717, 1.165) is 43.9 Å². The lowest BCUT2D eigenvalue weighted by atomic mass is 9.83. The highest BCUT2D eigenvalue weighted by Crippen LogP contribution is 2.38. The van der Waals surface area contributed by atoms with Crippen molar-refractivity contribution in [3.05, 3.63) is 35.9 Å². The number of carbonyl (C=O) groups excluding carboxylic acids is 3. The summed E-state index contributed by atoms with van der Waals surface area (Å²) in [4.78, 5) is 42.2. The number of hydrogen-bond donors (Lipinski definition) is 3.